The van der Waals surface area contributed by atoms with Crippen LogP contribution in [-0.4, -0.2) is 37.0 Å². The van der Waals surface area contributed by atoms with E-state index >= 15 is 0 Å². The third kappa shape index (κ3) is 4.88. The maximum atomic E-state index is 5.41. The van der Waals surface area contributed by atoms with Crippen molar-refractivity contribution in [2.45, 2.75) is 46.0 Å². The summed E-state index contributed by atoms with van der Waals surface area (Å²) in [5.74, 6) is 2.73. The first-order valence-electron chi connectivity index (χ1n) is 8.73. The molecular formula is C18H30IN3O. The number of nitrogens with zero attached hydrogens (tertiary/aromatic N) is 2. The molecule has 0 unspecified atom stereocenters. The van der Waals surface area contributed by atoms with Gasteiger partial charge in [-0.15, -0.1) is 24.0 Å². The third-order valence-corrected chi connectivity index (χ3v) is 4.99. The van der Waals surface area contributed by atoms with Crippen LogP contribution in [-0.2, 0) is 6.42 Å². The minimum Gasteiger partial charge on any atom is -0.469 e. The van der Waals surface area contributed by atoms with E-state index in [0.29, 0.717) is 11.3 Å². The second-order valence-electron chi connectivity index (χ2n) is 7.34. The fourth-order valence-electron chi connectivity index (χ4n) is 3.49. The summed E-state index contributed by atoms with van der Waals surface area (Å²) in [5.41, 5.74) is 0.612. The summed E-state index contributed by atoms with van der Waals surface area (Å²) in [6.45, 7) is 8.58. The lowest BCUT2D eigenvalue weighted by Crippen LogP contribution is -2.43. The molecule has 5 heteroatoms. The number of hydrogen-bond donors (Lipinski definition) is 1. The van der Waals surface area contributed by atoms with E-state index in [1.165, 1.54) is 32.2 Å². The Morgan fingerprint density at radius 2 is 2.22 bits per heavy atom. The van der Waals surface area contributed by atoms with Gasteiger partial charge in [0, 0.05) is 32.6 Å². The van der Waals surface area contributed by atoms with Crippen LogP contribution < -0.4 is 5.32 Å². The molecule has 1 aliphatic heterocycles. The van der Waals surface area contributed by atoms with Gasteiger partial charge in [-0.05, 0) is 42.7 Å². The zero-order valence-electron chi connectivity index (χ0n) is 14.4. The minimum absolute atomic E-state index is 0. The molecule has 1 saturated carbocycles. The highest BCUT2D eigenvalue weighted by atomic mass is 127. The Bertz CT molecular complexity index is 494. The van der Waals surface area contributed by atoms with Gasteiger partial charge in [0.15, 0.2) is 5.96 Å². The lowest BCUT2D eigenvalue weighted by Gasteiger charge is -2.38. The fourth-order valence-corrected chi connectivity index (χ4v) is 3.49. The second kappa shape index (κ2) is 8.40. The molecule has 0 amide bonds. The normalized spacial score (nSPS) is 19.8. The minimum atomic E-state index is 0. The van der Waals surface area contributed by atoms with Gasteiger partial charge in [0.05, 0.1) is 6.26 Å². The molecule has 0 radical (unpaired) electrons. The molecule has 1 N–H and O–H groups in total. The number of hydrogen-bond acceptors (Lipinski definition) is 2. The molecular weight excluding hydrogens is 401 g/mol. The van der Waals surface area contributed by atoms with E-state index in [-0.39, 0.29) is 24.0 Å². The molecule has 1 aromatic heterocycles. The largest absolute Gasteiger partial charge is 0.469 e. The lowest BCUT2D eigenvalue weighted by molar-refractivity contribution is 0.151. The van der Waals surface area contributed by atoms with Crippen molar-refractivity contribution in [3.8, 4) is 0 Å². The molecule has 1 saturated heterocycles. The topological polar surface area (TPSA) is 40.8 Å². The molecule has 3 rings (SSSR count). The quantitative estimate of drug-likeness (QED) is 0.437. The van der Waals surface area contributed by atoms with E-state index < -0.39 is 0 Å². The zero-order chi connectivity index (χ0) is 15.4. The number of guanidine groups is 1. The van der Waals surface area contributed by atoms with Gasteiger partial charge in [-0.2, -0.15) is 0 Å². The van der Waals surface area contributed by atoms with Crippen LogP contribution in [0.3, 0.4) is 0 Å². The van der Waals surface area contributed by atoms with Crippen LogP contribution in [0.15, 0.2) is 27.8 Å². The highest BCUT2D eigenvalue weighted by molar-refractivity contribution is 14.0. The molecule has 4 nitrogen and oxygen atoms in total. The molecule has 2 heterocycles. The Balaban J connectivity index is 0.00000192. The number of nitrogens with one attached hydrogen (secondary N) is 1. The van der Waals surface area contributed by atoms with Crippen molar-refractivity contribution in [1.29, 1.82) is 0 Å². The van der Waals surface area contributed by atoms with Gasteiger partial charge in [-0.25, -0.2) is 0 Å². The molecule has 23 heavy (non-hydrogen) atoms. The Morgan fingerprint density at radius 3 is 2.78 bits per heavy atom. The zero-order valence-corrected chi connectivity index (χ0v) is 16.7. The monoisotopic (exact) mass is 431 g/mol. The Labute approximate surface area is 157 Å². The van der Waals surface area contributed by atoms with E-state index in [1.807, 2.05) is 12.1 Å². The van der Waals surface area contributed by atoms with Crippen LogP contribution in [0, 0.1) is 11.3 Å². The van der Waals surface area contributed by atoms with Crippen LogP contribution in [0.5, 0.6) is 0 Å². The van der Waals surface area contributed by atoms with E-state index in [4.69, 9.17) is 9.41 Å². The first-order chi connectivity index (χ1) is 10.7. The smallest absolute Gasteiger partial charge is 0.193 e. The Hall–Kier alpha value is -0.720. The molecule has 1 aromatic rings. The first kappa shape index (κ1) is 18.6. The number of furan rings is 1. The van der Waals surface area contributed by atoms with Gasteiger partial charge < -0.3 is 14.6 Å². The Kier molecular flexibility index (Phi) is 6.80. The van der Waals surface area contributed by atoms with E-state index in [2.05, 4.69) is 24.1 Å². The SMILES string of the molecule is CC(C)CN=C(NCCc1ccco1)N1CCC2(CCC2)C1.I. The molecule has 0 bridgehead atoms. The predicted octanol–water partition coefficient (Wildman–Crippen LogP) is 3.92. The number of aliphatic imine (C=N–C) groups is 1. The van der Waals surface area contributed by atoms with Gasteiger partial charge in [-0.1, -0.05) is 20.3 Å². The summed E-state index contributed by atoms with van der Waals surface area (Å²) in [4.78, 5) is 7.32. The van der Waals surface area contributed by atoms with Gasteiger partial charge in [0.25, 0.3) is 0 Å². The second-order valence-corrected chi connectivity index (χ2v) is 7.34. The number of halogens is 1. The standard InChI is InChI=1S/C18H29N3O.HI/c1-15(2)13-20-17(19-10-6-16-5-3-12-22-16)21-11-9-18(14-21)7-4-8-18;/h3,5,12,15H,4,6-11,13-14H2,1-2H3,(H,19,20);1H. The Morgan fingerprint density at radius 1 is 1.39 bits per heavy atom. The first-order valence-corrected chi connectivity index (χ1v) is 8.73. The summed E-state index contributed by atoms with van der Waals surface area (Å²) in [6.07, 6.45) is 8.23. The van der Waals surface area contributed by atoms with E-state index in [0.717, 1.165) is 37.8 Å². The van der Waals surface area contributed by atoms with E-state index in [1.54, 1.807) is 6.26 Å². The summed E-state index contributed by atoms with van der Waals surface area (Å²) < 4.78 is 5.41. The fraction of sp³-hybridized carbons (Fsp3) is 0.722. The van der Waals surface area contributed by atoms with Crippen LogP contribution >= 0.6 is 24.0 Å². The van der Waals surface area contributed by atoms with Gasteiger partial charge in [-0.3, -0.25) is 4.99 Å². The van der Waals surface area contributed by atoms with Crippen LogP contribution in [0.25, 0.3) is 0 Å². The highest BCUT2D eigenvalue weighted by Crippen LogP contribution is 2.47. The number of rotatable bonds is 5. The maximum Gasteiger partial charge on any atom is 0.193 e. The highest BCUT2D eigenvalue weighted by Gasteiger charge is 2.43. The average Bonchev–Trinajstić information content (AvgIpc) is 3.10. The summed E-state index contributed by atoms with van der Waals surface area (Å²) in [7, 11) is 0. The maximum absolute atomic E-state index is 5.41. The van der Waals surface area contributed by atoms with Gasteiger partial charge >= 0.3 is 0 Å². The molecule has 0 aromatic carbocycles. The number of likely N-dealkylation sites (tertiary alicyclic amines) is 1. The third-order valence-electron chi connectivity index (χ3n) is 4.99. The van der Waals surface area contributed by atoms with Crippen molar-refractivity contribution in [2.75, 3.05) is 26.2 Å². The van der Waals surface area contributed by atoms with Crippen LogP contribution in [0.1, 0.15) is 45.3 Å². The van der Waals surface area contributed by atoms with Crippen molar-refractivity contribution in [2.24, 2.45) is 16.3 Å². The molecule has 0 atom stereocenters. The van der Waals surface area contributed by atoms with Crippen LogP contribution in [0.2, 0.25) is 0 Å². The average molecular weight is 431 g/mol. The molecule has 2 aliphatic rings. The van der Waals surface area contributed by atoms with Crippen molar-refractivity contribution in [3.63, 3.8) is 0 Å². The summed E-state index contributed by atoms with van der Waals surface area (Å²) in [6, 6.07) is 3.98. The van der Waals surface area contributed by atoms with Crippen LogP contribution in [0.4, 0.5) is 0 Å². The molecule has 1 spiro atoms. The predicted molar refractivity (Wildman–Crippen MR) is 105 cm³/mol. The summed E-state index contributed by atoms with van der Waals surface area (Å²) >= 11 is 0. The molecule has 1 aliphatic carbocycles. The van der Waals surface area contributed by atoms with Crippen molar-refractivity contribution < 1.29 is 4.42 Å². The van der Waals surface area contributed by atoms with Crippen molar-refractivity contribution in [3.05, 3.63) is 24.2 Å². The molecule has 130 valence electrons. The van der Waals surface area contributed by atoms with Gasteiger partial charge in [0.2, 0.25) is 0 Å². The lowest BCUT2D eigenvalue weighted by atomic mass is 9.68. The summed E-state index contributed by atoms with van der Waals surface area (Å²) in [5, 5.41) is 3.56. The molecule has 2 fully saturated rings. The van der Waals surface area contributed by atoms with Crippen molar-refractivity contribution in [1.82, 2.24) is 10.2 Å². The van der Waals surface area contributed by atoms with E-state index in [9.17, 15) is 0 Å². The van der Waals surface area contributed by atoms with Gasteiger partial charge in [0.1, 0.15) is 5.76 Å². The van der Waals surface area contributed by atoms with Crippen molar-refractivity contribution >= 4 is 29.9 Å².